The third-order valence-electron chi connectivity index (χ3n) is 2.61. The number of fused-ring (bicyclic) bond motifs is 1. The maximum Gasteiger partial charge on any atom is 0.123 e. The molecule has 2 rings (SSSR count). The first-order chi connectivity index (χ1) is 6.29. The molecule has 13 heavy (non-hydrogen) atoms. The van der Waals surface area contributed by atoms with Gasteiger partial charge in [-0.3, -0.25) is 0 Å². The van der Waals surface area contributed by atoms with E-state index in [9.17, 15) is 4.39 Å². The van der Waals surface area contributed by atoms with Gasteiger partial charge in [-0.25, -0.2) is 4.39 Å². The van der Waals surface area contributed by atoms with Crippen LogP contribution in [-0.4, -0.2) is 6.54 Å². The molecule has 0 spiro atoms. The Balaban J connectivity index is 2.46. The SMILES string of the molecule is CC(F)c1cccc2c1CCNC2. The van der Waals surface area contributed by atoms with Gasteiger partial charge in [0.15, 0.2) is 0 Å². The van der Waals surface area contributed by atoms with Crippen LogP contribution in [0.25, 0.3) is 0 Å². The minimum atomic E-state index is -0.840. The van der Waals surface area contributed by atoms with E-state index in [0.29, 0.717) is 0 Å². The van der Waals surface area contributed by atoms with Crippen molar-refractivity contribution < 1.29 is 4.39 Å². The molecule has 0 saturated carbocycles. The largest absolute Gasteiger partial charge is 0.312 e. The summed E-state index contributed by atoms with van der Waals surface area (Å²) in [5.41, 5.74) is 3.35. The second kappa shape index (κ2) is 3.46. The number of halogens is 1. The fourth-order valence-electron chi connectivity index (χ4n) is 1.93. The minimum Gasteiger partial charge on any atom is -0.312 e. The highest BCUT2D eigenvalue weighted by Gasteiger charge is 2.15. The normalized spacial score (nSPS) is 18.0. The summed E-state index contributed by atoms with van der Waals surface area (Å²) in [6, 6.07) is 5.92. The van der Waals surface area contributed by atoms with E-state index in [1.165, 1.54) is 11.1 Å². The highest BCUT2D eigenvalue weighted by Crippen LogP contribution is 2.25. The molecular formula is C11H14FN. The molecule has 1 aliphatic rings. The molecule has 0 saturated heterocycles. The Bertz CT molecular complexity index is 307. The number of rotatable bonds is 1. The van der Waals surface area contributed by atoms with Gasteiger partial charge in [0, 0.05) is 6.54 Å². The number of hydrogen-bond donors (Lipinski definition) is 1. The standard InChI is InChI=1S/C11H14FN/c1-8(12)10-4-2-3-9-7-13-6-5-11(9)10/h2-4,8,13H,5-7H2,1H3. The molecule has 0 bridgehead atoms. The van der Waals surface area contributed by atoms with Crippen molar-refractivity contribution in [3.8, 4) is 0 Å². The van der Waals surface area contributed by atoms with Gasteiger partial charge in [0.2, 0.25) is 0 Å². The zero-order valence-electron chi connectivity index (χ0n) is 7.81. The van der Waals surface area contributed by atoms with E-state index < -0.39 is 6.17 Å². The molecule has 1 aliphatic heterocycles. The van der Waals surface area contributed by atoms with Gasteiger partial charge in [0.25, 0.3) is 0 Å². The van der Waals surface area contributed by atoms with Crippen molar-refractivity contribution in [2.45, 2.75) is 26.1 Å². The quantitative estimate of drug-likeness (QED) is 0.697. The van der Waals surface area contributed by atoms with Crippen molar-refractivity contribution in [3.05, 3.63) is 34.9 Å². The highest BCUT2D eigenvalue weighted by atomic mass is 19.1. The van der Waals surface area contributed by atoms with Crippen LogP contribution < -0.4 is 5.32 Å². The second-order valence-electron chi connectivity index (χ2n) is 3.53. The summed E-state index contributed by atoms with van der Waals surface area (Å²) in [5, 5.41) is 3.28. The van der Waals surface area contributed by atoms with Crippen LogP contribution in [0, 0.1) is 0 Å². The smallest absolute Gasteiger partial charge is 0.123 e. The fraction of sp³-hybridized carbons (Fsp3) is 0.455. The zero-order chi connectivity index (χ0) is 9.26. The number of hydrogen-bond acceptors (Lipinski definition) is 1. The molecule has 1 nitrogen and oxygen atoms in total. The molecule has 2 heteroatoms. The molecule has 1 heterocycles. The summed E-state index contributed by atoms with van der Waals surface area (Å²) in [6.45, 7) is 3.46. The van der Waals surface area contributed by atoms with E-state index in [4.69, 9.17) is 0 Å². The first-order valence-electron chi connectivity index (χ1n) is 4.74. The van der Waals surface area contributed by atoms with E-state index in [1.54, 1.807) is 6.92 Å². The monoisotopic (exact) mass is 179 g/mol. The van der Waals surface area contributed by atoms with Gasteiger partial charge in [-0.05, 0) is 36.6 Å². The predicted molar refractivity (Wildman–Crippen MR) is 51.4 cm³/mol. The van der Waals surface area contributed by atoms with Crippen molar-refractivity contribution >= 4 is 0 Å². The Hall–Kier alpha value is -0.890. The summed E-state index contributed by atoms with van der Waals surface area (Å²) in [5.74, 6) is 0. The lowest BCUT2D eigenvalue weighted by molar-refractivity contribution is 0.370. The van der Waals surface area contributed by atoms with E-state index in [1.807, 2.05) is 12.1 Å². The highest BCUT2D eigenvalue weighted by molar-refractivity contribution is 5.38. The summed E-state index contributed by atoms with van der Waals surface area (Å²) >= 11 is 0. The van der Waals surface area contributed by atoms with Gasteiger partial charge < -0.3 is 5.32 Å². The summed E-state index contributed by atoms with van der Waals surface area (Å²) in [7, 11) is 0. The van der Waals surface area contributed by atoms with Crippen LogP contribution in [0.15, 0.2) is 18.2 Å². The van der Waals surface area contributed by atoms with Crippen molar-refractivity contribution in [1.29, 1.82) is 0 Å². The maximum atomic E-state index is 13.2. The second-order valence-corrected chi connectivity index (χ2v) is 3.53. The zero-order valence-corrected chi connectivity index (χ0v) is 7.81. The number of benzene rings is 1. The van der Waals surface area contributed by atoms with Crippen molar-refractivity contribution in [1.82, 2.24) is 5.32 Å². The van der Waals surface area contributed by atoms with Crippen LogP contribution in [0.4, 0.5) is 4.39 Å². The third kappa shape index (κ3) is 1.59. The molecule has 0 amide bonds. The molecule has 0 aromatic heterocycles. The Labute approximate surface area is 78.0 Å². The minimum absolute atomic E-state index is 0.840. The Kier molecular flexibility index (Phi) is 2.32. The maximum absolute atomic E-state index is 13.2. The molecule has 1 N–H and O–H groups in total. The molecule has 70 valence electrons. The van der Waals surface area contributed by atoms with Gasteiger partial charge >= 0.3 is 0 Å². The van der Waals surface area contributed by atoms with E-state index in [-0.39, 0.29) is 0 Å². The first-order valence-corrected chi connectivity index (χ1v) is 4.74. The lowest BCUT2D eigenvalue weighted by atomic mass is 9.93. The average Bonchev–Trinajstić information content (AvgIpc) is 2.17. The molecule has 1 aromatic carbocycles. The Morgan fingerprint density at radius 3 is 3.08 bits per heavy atom. The average molecular weight is 179 g/mol. The van der Waals surface area contributed by atoms with Gasteiger partial charge in [-0.1, -0.05) is 18.2 Å². The Morgan fingerprint density at radius 2 is 2.31 bits per heavy atom. The molecule has 1 unspecified atom stereocenters. The van der Waals surface area contributed by atoms with Gasteiger partial charge in [0.05, 0.1) is 0 Å². The Morgan fingerprint density at radius 1 is 1.46 bits per heavy atom. The first kappa shape index (κ1) is 8.70. The van der Waals surface area contributed by atoms with Crippen molar-refractivity contribution in [3.63, 3.8) is 0 Å². The molecule has 1 atom stereocenters. The van der Waals surface area contributed by atoms with Crippen LogP contribution >= 0.6 is 0 Å². The lowest BCUT2D eigenvalue weighted by Gasteiger charge is -2.20. The van der Waals surface area contributed by atoms with Crippen LogP contribution in [0.2, 0.25) is 0 Å². The third-order valence-corrected chi connectivity index (χ3v) is 2.61. The summed E-state index contributed by atoms with van der Waals surface area (Å²) in [4.78, 5) is 0. The van der Waals surface area contributed by atoms with Gasteiger partial charge in [-0.2, -0.15) is 0 Å². The molecule has 0 radical (unpaired) electrons. The summed E-state index contributed by atoms with van der Waals surface area (Å²) in [6.07, 6.45) is 0.118. The fourth-order valence-corrected chi connectivity index (χ4v) is 1.93. The van der Waals surface area contributed by atoms with Crippen molar-refractivity contribution in [2.75, 3.05) is 6.54 Å². The van der Waals surface area contributed by atoms with Crippen LogP contribution in [-0.2, 0) is 13.0 Å². The van der Waals surface area contributed by atoms with Crippen LogP contribution in [0.3, 0.4) is 0 Å². The topological polar surface area (TPSA) is 12.0 Å². The summed E-state index contributed by atoms with van der Waals surface area (Å²) < 4.78 is 13.2. The van der Waals surface area contributed by atoms with Crippen molar-refractivity contribution in [2.24, 2.45) is 0 Å². The predicted octanol–water partition coefficient (Wildman–Crippen LogP) is 2.36. The molecule has 1 aromatic rings. The number of nitrogens with one attached hydrogen (secondary N) is 1. The van der Waals surface area contributed by atoms with Crippen LogP contribution in [0.5, 0.6) is 0 Å². The number of alkyl halides is 1. The lowest BCUT2D eigenvalue weighted by Crippen LogP contribution is -2.24. The van der Waals surface area contributed by atoms with Gasteiger partial charge in [-0.15, -0.1) is 0 Å². The molecular weight excluding hydrogens is 165 g/mol. The van der Waals surface area contributed by atoms with E-state index in [0.717, 1.165) is 25.1 Å². The van der Waals surface area contributed by atoms with E-state index >= 15 is 0 Å². The molecule has 0 aliphatic carbocycles. The van der Waals surface area contributed by atoms with Crippen LogP contribution in [0.1, 0.15) is 29.8 Å². The van der Waals surface area contributed by atoms with E-state index in [2.05, 4.69) is 11.4 Å². The molecule has 0 fully saturated rings. The van der Waals surface area contributed by atoms with Gasteiger partial charge in [0.1, 0.15) is 6.17 Å².